The van der Waals surface area contributed by atoms with Gasteiger partial charge in [0.15, 0.2) is 0 Å². The van der Waals surface area contributed by atoms with Gasteiger partial charge in [0.1, 0.15) is 5.76 Å². The maximum Gasteiger partial charge on any atom is 0.311 e. The Hall–Kier alpha value is -2.66. The lowest BCUT2D eigenvalue weighted by atomic mass is 10.2. The molecule has 5 nitrogen and oxygen atoms in total. The van der Waals surface area contributed by atoms with Gasteiger partial charge in [0, 0.05) is 18.2 Å². The summed E-state index contributed by atoms with van der Waals surface area (Å²) in [5.41, 5.74) is 0.815. The van der Waals surface area contributed by atoms with E-state index in [0.717, 1.165) is 5.56 Å². The molecule has 0 fully saturated rings. The fourth-order valence-corrected chi connectivity index (χ4v) is 1.83. The number of likely N-dealkylation sites (N-methyl/N-ethyl adjacent to an activating group) is 1. The minimum Gasteiger partial charge on any atom is -0.450 e. The molecule has 2 aromatic carbocycles. The van der Waals surface area contributed by atoms with Gasteiger partial charge in [0.2, 0.25) is 5.75 Å². The van der Waals surface area contributed by atoms with Gasteiger partial charge in [-0.3, -0.25) is 10.1 Å². The van der Waals surface area contributed by atoms with Crippen LogP contribution in [-0.2, 0) is 0 Å². The summed E-state index contributed by atoms with van der Waals surface area (Å²) in [6.45, 7) is 0.602. The lowest BCUT2D eigenvalue weighted by Gasteiger charge is -2.11. The first kappa shape index (κ1) is 14.7. The summed E-state index contributed by atoms with van der Waals surface area (Å²) in [6, 6.07) is 15.8. The number of hydrogen-bond acceptors (Lipinski definition) is 4. The zero-order chi connectivity index (χ0) is 15.1. The maximum absolute atomic E-state index is 11.0. The van der Waals surface area contributed by atoms with Gasteiger partial charge in [0.05, 0.1) is 4.92 Å². The third-order valence-corrected chi connectivity index (χ3v) is 2.83. The summed E-state index contributed by atoms with van der Waals surface area (Å²) in [5.74, 6) is 0.813. The Kier molecular flexibility index (Phi) is 5.06. The van der Waals surface area contributed by atoms with E-state index >= 15 is 0 Å². The van der Waals surface area contributed by atoms with Crippen LogP contribution in [0.3, 0.4) is 0 Å². The molecule has 0 saturated heterocycles. The molecule has 108 valence electrons. The number of rotatable bonds is 6. The van der Waals surface area contributed by atoms with Crippen LogP contribution >= 0.6 is 0 Å². The van der Waals surface area contributed by atoms with E-state index in [1.54, 1.807) is 18.2 Å². The first-order valence-corrected chi connectivity index (χ1v) is 6.54. The highest BCUT2D eigenvalue weighted by Gasteiger charge is 2.15. The van der Waals surface area contributed by atoms with Crippen molar-refractivity contribution in [2.75, 3.05) is 13.6 Å². The van der Waals surface area contributed by atoms with Crippen LogP contribution in [0, 0.1) is 10.1 Å². The molecule has 5 heteroatoms. The van der Waals surface area contributed by atoms with E-state index in [1.165, 1.54) is 6.07 Å². The van der Waals surface area contributed by atoms with Gasteiger partial charge in [-0.1, -0.05) is 42.5 Å². The van der Waals surface area contributed by atoms with E-state index in [1.807, 2.05) is 43.5 Å². The third-order valence-electron chi connectivity index (χ3n) is 2.83. The van der Waals surface area contributed by atoms with Gasteiger partial charge >= 0.3 is 5.69 Å². The number of para-hydroxylation sites is 2. The van der Waals surface area contributed by atoms with Crippen LogP contribution < -0.4 is 10.1 Å². The summed E-state index contributed by atoms with van der Waals surface area (Å²) in [5, 5.41) is 14.0. The second-order valence-corrected chi connectivity index (χ2v) is 4.32. The minimum absolute atomic E-state index is 0.0520. The number of nitro groups is 1. The van der Waals surface area contributed by atoms with Crippen molar-refractivity contribution in [2.24, 2.45) is 0 Å². The average Bonchev–Trinajstić information content (AvgIpc) is 2.52. The molecule has 0 atom stereocenters. The van der Waals surface area contributed by atoms with Crippen molar-refractivity contribution in [3.63, 3.8) is 0 Å². The second-order valence-electron chi connectivity index (χ2n) is 4.32. The Morgan fingerprint density at radius 3 is 2.52 bits per heavy atom. The first-order valence-electron chi connectivity index (χ1n) is 6.54. The van der Waals surface area contributed by atoms with Gasteiger partial charge in [-0.15, -0.1) is 0 Å². The van der Waals surface area contributed by atoms with E-state index in [9.17, 15) is 10.1 Å². The van der Waals surface area contributed by atoms with Crippen molar-refractivity contribution in [3.05, 3.63) is 76.4 Å². The summed E-state index contributed by atoms with van der Waals surface area (Å²) >= 11 is 0. The number of nitrogens with one attached hydrogen (secondary N) is 1. The first-order chi connectivity index (χ1) is 10.2. The highest BCUT2D eigenvalue weighted by Crippen LogP contribution is 2.30. The SMILES string of the molecule is CNC/C=C(/Oc1ccccc1[N+](=O)[O-])c1ccccc1. The van der Waals surface area contributed by atoms with Crippen molar-refractivity contribution < 1.29 is 9.66 Å². The number of nitrogens with zero attached hydrogens (tertiary/aromatic N) is 1. The van der Waals surface area contributed by atoms with Crippen molar-refractivity contribution in [3.8, 4) is 5.75 Å². The molecule has 21 heavy (non-hydrogen) atoms. The number of benzene rings is 2. The van der Waals surface area contributed by atoms with Crippen LogP contribution in [0.4, 0.5) is 5.69 Å². The Morgan fingerprint density at radius 2 is 1.86 bits per heavy atom. The summed E-state index contributed by atoms with van der Waals surface area (Å²) in [6.07, 6.45) is 1.85. The summed E-state index contributed by atoms with van der Waals surface area (Å²) in [4.78, 5) is 10.6. The summed E-state index contributed by atoms with van der Waals surface area (Å²) < 4.78 is 5.77. The molecule has 2 rings (SSSR count). The van der Waals surface area contributed by atoms with Crippen LogP contribution in [-0.4, -0.2) is 18.5 Å². The quantitative estimate of drug-likeness (QED) is 0.502. The van der Waals surface area contributed by atoms with Gasteiger partial charge in [0.25, 0.3) is 0 Å². The van der Waals surface area contributed by atoms with Crippen LogP contribution in [0.2, 0.25) is 0 Å². The molecule has 0 aliphatic carbocycles. The van der Waals surface area contributed by atoms with Crippen LogP contribution in [0.15, 0.2) is 60.7 Å². The average molecular weight is 284 g/mol. The van der Waals surface area contributed by atoms with Crippen molar-refractivity contribution in [1.29, 1.82) is 0 Å². The molecular formula is C16H16N2O3. The minimum atomic E-state index is -0.448. The largest absolute Gasteiger partial charge is 0.450 e. The Balaban J connectivity index is 2.35. The smallest absolute Gasteiger partial charge is 0.311 e. The molecule has 0 aliphatic heterocycles. The third kappa shape index (κ3) is 3.90. The van der Waals surface area contributed by atoms with Gasteiger partial charge in [-0.2, -0.15) is 0 Å². The van der Waals surface area contributed by atoms with E-state index in [0.29, 0.717) is 12.3 Å². The Bertz CT molecular complexity index is 639. The highest BCUT2D eigenvalue weighted by atomic mass is 16.6. The fourth-order valence-electron chi connectivity index (χ4n) is 1.83. The van der Waals surface area contributed by atoms with E-state index in [4.69, 9.17) is 4.74 Å². The van der Waals surface area contributed by atoms with E-state index in [-0.39, 0.29) is 11.4 Å². The molecule has 0 radical (unpaired) electrons. The molecule has 0 saturated carbocycles. The zero-order valence-electron chi connectivity index (χ0n) is 11.7. The van der Waals surface area contributed by atoms with Crippen LogP contribution in [0.25, 0.3) is 5.76 Å². The molecule has 0 bridgehead atoms. The number of hydrogen-bond donors (Lipinski definition) is 1. The molecular weight excluding hydrogens is 268 g/mol. The van der Waals surface area contributed by atoms with Gasteiger partial charge < -0.3 is 10.1 Å². The Morgan fingerprint density at radius 1 is 1.19 bits per heavy atom. The molecule has 0 unspecified atom stereocenters. The molecule has 0 amide bonds. The van der Waals surface area contributed by atoms with E-state index in [2.05, 4.69) is 5.32 Å². The fraction of sp³-hybridized carbons (Fsp3) is 0.125. The van der Waals surface area contributed by atoms with Crippen LogP contribution in [0.1, 0.15) is 5.56 Å². The molecule has 0 aliphatic rings. The van der Waals surface area contributed by atoms with Crippen molar-refractivity contribution in [1.82, 2.24) is 5.32 Å². The van der Waals surface area contributed by atoms with Crippen molar-refractivity contribution >= 4 is 11.4 Å². The predicted molar refractivity (Wildman–Crippen MR) is 82.1 cm³/mol. The van der Waals surface area contributed by atoms with Gasteiger partial charge in [-0.25, -0.2) is 0 Å². The Labute approximate surface area is 123 Å². The highest BCUT2D eigenvalue weighted by molar-refractivity contribution is 5.64. The summed E-state index contributed by atoms with van der Waals surface area (Å²) in [7, 11) is 1.82. The molecule has 0 spiro atoms. The molecule has 1 N–H and O–H groups in total. The monoisotopic (exact) mass is 284 g/mol. The number of ether oxygens (including phenoxy) is 1. The second kappa shape index (κ2) is 7.21. The number of nitro benzene ring substituents is 1. The maximum atomic E-state index is 11.0. The molecule has 2 aromatic rings. The normalized spacial score (nSPS) is 11.2. The van der Waals surface area contributed by atoms with E-state index < -0.39 is 4.92 Å². The predicted octanol–water partition coefficient (Wildman–Crippen LogP) is 3.23. The van der Waals surface area contributed by atoms with Crippen LogP contribution in [0.5, 0.6) is 5.75 Å². The lowest BCUT2D eigenvalue weighted by Crippen LogP contribution is -2.07. The van der Waals surface area contributed by atoms with Crippen molar-refractivity contribution in [2.45, 2.75) is 0 Å². The molecule has 0 aromatic heterocycles. The zero-order valence-corrected chi connectivity index (χ0v) is 11.7. The topological polar surface area (TPSA) is 64.4 Å². The lowest BCUT2D eigenvalue weighted by molar-refractivity contribution is -0.385. The van der Waals surface area contributed by atoms with Gasteiger partial charge in [-0.05, 0) is 19.2 Å². The molecule has 0 heterocycles. The standard InChI is InChI=1S/C16H16N2O3/c1-17-12-11-15(13-7-3-2-4-8-13)21-16-10-6-5-9-14(16)18(19)20/h2-11,17H,12H2,1H3/b15-11+.